The predicted octanol–water partition coefficient (Wildman–Crippen LogP) is 3.25. The number of hydrogen-bond donors (Lipinski definition) is 1. The molecular weight excluding hydrogens is 391 g/mol. The maximum absolute atomic E-state index is 12.4. The van der Waals surface area contributed by atoms with E-state index in [0.29, 0.717) is 29.0 Å². The van der Waals surface area contributed by atoms with Crippen molar-refractivity contribution >= 4 is 40.9 Å². The summed E-state index contributed by atoms with van der Waals surface area (Å²) < 4.78 is 5.03. The van der Waals surface area contributed by atoms with Crippen molar-refractivity contribution in [1.29, 1.82) is 0 Å². The summed E-state index contributed by atoms with van der Waals surface area (Å²) in [7, 11) is 1.68. The number of ether oxygens (including phenoxy) is 1. The monoisotopic (exact) mass is 410 g/mol. The van der Waals surface area contributed by atoms with Crippen molar-refractivity contribution in [3.63, 3.8) is 0 Å². The lowest BCUT2D eigenvalue weighted by molar-refractivity contribution is -0.120. The van der Waals surface area contributed by atoms with Crippen LogP contribution >= 0.6 is 23.2 Å². The molecule has 1 aromatic carbocycles. The Balaban J connectivity index is 1.54. The lowest BCUT2D eigenvalue weighted by atomic mass is 10.2. The van der Waals surface area contributed by atoms with Gasteiger partial charge in [0.2, 0.25) is 5.96 Å². The molecule has 3 rings (SSSR count). The summed E-state index contributed by atoms with van der Waals surface area (Å²) in [6.45, 7) is 1.77. The lowest BCUT2D eigenvalue weighted by Gasteiger charge is -2.21. The van der Waals surface area contributed by atoms with Gasteiger partial charge in [-0.1, -0.05) is 34.5 Å². The minimum atomic E-state index is -0.622. The highest BCUT2D eigenvalue weighted by Crippen LogP contribution is 2.23. The number of carbonyl (C=O) groups excluding carboxylic acids is 1. The Morgan fingerprint density at radius 3 is 2.81 bits per heavy atom. The molecule has 8 nitrogen and oxygen atoms in total. The van der Waals surface area contributed by atoms with Crippen LogP contribution in [0.2, 0.25) is 10.0 Å². The van der Waals surface area contributed by atoms with Crippen LogP contribution < -0.4 is 5.32 Å². The molecule has 1 unspecified atom stereocenters. The average molecular weight is 411 g/mol. The van der Waals surface area contributed by atoms with Crippen molar-refractivity contribution in [3.05, 3.63) is 33.8 Å². The maximum atomic E-state index is 12.4. The summed E-state index contributed by atoms with van der Waals surface area (Å²) in [6.07, 6.45) is 2.86. The Labute approximate surface area is 167 Å². The molecule has 2 aliphatic rings. The molecule has 0 saturated carbocycles. The topological polar surface area (TPSA) is 91.0 Å². The van der Waals surface area contributed by atoms with Crippen LogP contribution in [-0.2, 0) is 16.1 Å². The van der Waals surface area contributed by atoms with E-state index in [1.807, 2.05) is 6.07 Å². The molecule has 1 aromatic rings. The number of amides is 1. The molecular formula is C17H20Cl2N6O2. The molecule has 0 aliphatic carbocycles. The van der Waals surface area contributed by atoms with Crippen molar-refractivity contribution < 1.29 is 9.53 Å². The molecule has 0 spiro atoms. The summed E-state index contributed by atoms with van der Waals surface area (Å²) in [5.74, 6) is 0.264. The Hall–Kier alpha value is -2.03. The average Bonchev–Trinajstić information content (AvgIpc) is 3.06. The molecule has 1 amide bonds. The molecule has 2 heterocycles. The van der Waals surface area contributed by atoms with Gasteiger partial charge in [0, 0.05) is 26.8 Å². The fourth-order valence-electron chi connectivity index (χ4n) is 2.74. The van der Waals surface area contributed by atoms with Crippen LogP contribution in [0.3, 0.4) is 0 Å². The number of fused-ring (bicyclic) bond motifs is 1. The predicted molar refractivity (Wildman–Crippen MR) is 104 cm³/mol. The van der Waals surface area contributed by atoms with E-state index in [1.165, 1.54) is 0 Å². The first-order valence-electron chi connectivity index (χ1n) is 8.64. The van der Waals surface area contributed by atoms with Gasteiger partial charge in [0.25, 0.3) is 5.91 Å². The van der Waals surface area contributed by atoms with Crippen molar-refractivity contribution in [3.8, 4) is 0 Å². The van der Waals surface area contributed by atoms with Gasteiger partial charge in [0.1, 0.15) is 0 Å². The number of carbonyl (C=O) groups is 1. The second-order valence-electron chi connectivity index (χ2n) is 6.15. The zero-order valence-electron chi connectivity index (χ0n) is 14.9. The van der Waals surface area contributed by atoms with E-state index in [9.17, 15) is 4.79 Å². The molecule has 1 atom stereocenters. The fraction of sp³-hybridized carbons (Fsp3) is 0.471. The number of benzene rings is 1. The fourth-order valence-corrected chi connectivity index (χ4v) is 3.06. The molecule has 0 fully saturated rings. The molecule has 1 N–H and O–H groups in total. The number of amidine groups is 1. The highest BCUT2D eigenvalue weighted by atomic mass is 35.5. The number of nitrogens with zero attached hydrogens (tertiary/aromatic N) is 5. The summed E-state index contributed by atoms with van der Waals surface area (Å²) in [6, 6.07) is 4.68. The third-order valence-electron chi connectivity index (χ3n) is 4.15. The van der Waals surface area contributed by atoms with E-state index in [2.05, 4.69) is 25.6 Å². The van der Waals surface area contributed by atoms with E-state index in [-0.39, 0.29) is 11.9 Å². The highest BCUT2D eigenvalue weighted by Gasteiger charge is 2.38. The van der Waals surface area contributed by atoms with E-state index >= 15 is 0 Å². The zero-order valence-corrected chi connectivity index (χ0v) is 16.4. The number of hydrogen-bond acceptors (Lipinski definition) is 7. The third-order valence-corrected chi connectivity index (χ3v) is 4.88. The summed E-state index contributed by atoms with van der Waals surface area (Å²) in [4.78, 5) is 20.8. The Bertz CT molecular complexity index is 796. The van der Waals surface area contributed by atoms with Crippen LogP contribution in [0.5, 0.6) is 0 Å². The number of guanidine groups is 1. The molecule has 0 aromatic heterocycles. The van der Waals surface area contributed by atoms with E-state index < -0.39 is 6.04 Å². The van der Waals surface area contributed by atoms with E-state index in [1.54, 1.807) is 24.3 Å². The van der Waals surface area contributed by atoms with Gasteiger partial charge in [-0.2, -0.15) is 9.98 Å². The Morgan fingerprint density at radius 1 is 1.19 bits per heavy atom. The summed E-state index contributed by atoms with van der Waals surface area (Å²) in [5, 5.41) is 13.7. The van der Waals surface area contributed by atoms with Gasteiger partial charge >= 0.3 is 0 Å². The first kappa shape index (κ1) is 19.7. The zero-order chi connectivity index (χ0) is 19.2. The maximum Gasteiger partial charge on any atom is 0.281 e. The smallest absolute Gasteiger partial charge is 0.281 e. The minimum absolute atomic E-state index is 0.221. The quantitative estimate of drug-likeness (QED) is 0.665. The number of rotatable bonds is 8. The number of nitrogens with one attached hydrogen (secondary N) is 1. The van der Waals surface area contributed by atoms with Crippen molar-refractivity contribution in [1.82, 2.24) is 10.3 Å². The summed E-state index contributed by atoms with van der Waals surface area (Å²) in [5.41, 5.74) is 0.896. The molecule has 10 heteroatoms. The van der Waals surface area contributed by atoms with Crippen LogP contribution in [0.25, 0.3) is 0 Å². The number of halogens is 2. The van der Waals surface area contributed by atoms with Crippen LogP contribution in [0.15, 0.2) is 38.5 Å². The molecule has 0 saturated heterocycles. The standard InChI is InChI=1S/C17H20Cl2N6O2/c1-27-8-4-2-3-7-25-14-15(23-24-25)21-17(22-16(14)26)20-10-11-5-6-12(18)13(19)9-11/h5-6,9,14H,2-4,7-8,10H2,1H3,(H,20,22,26). The molecule has 0 radical (unpaired) electrons. The van der Waals surface area contributed by atoms with Crippen molar-refractivity contribution in [2.24, 2.45) is 20.3 Å². The molecule has 0 bridgehead atoms. The number of unbranched alkanes of at least 4 members (excludes halogenated alkanes) is 2. The molecule has 27 heavy (non-hydrogen) atoms. The third kappa shape index (κ3) is 5.03. The van der Waals surface area contributed by atoms with Crippen LogP contribution in [0.1, 0.15) is 24.8 Å². The Kier molecular flexibility index (Phi) is 6.76. The van der Waals surface area contributed by atoms with Crippen molar-refractivity contribution in [2.75, 3.05) is 20.3 Å². The molecule has 144 valence electrons. The number of methoxy groups -OCH3 is 1. The van der Waals surface area contributed by atoms with Gasteiger partial charge < -0.3 is 10.1 Å². The Morgan fingerprint density at radius 2 is 2.04 bits per heavy atom. The largest absolute Gasteiger partial charge is 0.385 e. The second-order valence-corrected chi connectivity index (χ2v) is 6.97. The van der Waals surface area contributed by atoms with Crippen LogP contribution in [0.4, 0.5) is 0 Å². The van der Waals surface area contributed by atoms with Gasteiger partial charge in [0.05, 0.1) is 10.0 Å². The first-order valence-corrected chi connectivity index (χ1v) is 9.40. The van der Waals surface area contributed by atoms with Crippen LogP contribution in [0, 0.1) is 0 Å². The highest BCUT2D eigenvalue weighted by molar-refractivity contribution is 6.42. The normalized spacial score (nSPS) is 18.4. The first-order chi connectivity index (χ1) is 13.1. The van der Waals surface area contributed by atoms with Gasteiger partial charge in [0.15, 0.2) is 11.9 Å². The van der Waals surface area contributed by atoms with Crippen LogP contribution in [-0.4, -0.2) is 49.0 Å². The van der Waals surface area contributed by atoms with E-state index in [0.717, 1.165) is 31.4 Å². The van der Waals surface area contributed by atoms with Gasteiger partial charge in [-0.15, -0.1) is 5.11 Å². The number of aliphatic imine (C=N–C) groups is 2. The van der Waals surface area contributed by atoms with Gasteiger partial charge in [-0.25, -0.2) is 0 Å². The SMILES string of the molecule is COCCCCCN1N=NC2=NC(NCc3ccc(Cl)c(Cl)c3)=NC(=O)C21. The second kappa shape index (κ2) is 9.25. The lowest BCUT2D eigenvalue weighted by Crippen LogP contribution is -2.43. The van der Waals surface area contributed by atoms with Gasteiger partial charge in [-0.3, -0.25) is 9.80 Å². The van der Waals surface area contributed by atoms with E-state index in [4.69, 9.17) is 27.9 Å². The molecule has 2 aliphatic heterocycles. The van der Waals surface area contributed by atoms with Gasteiger partial charge in [-0.05, 0) is 37.0 Å². The van der Waals surface area contributed by atoms with Crippen molar-refractivity contribution in [2.45, 2.75) is 31.8 Å². The minimum Gasteiger partial charge on any atom is -0.385 e. The summed E-state index contributed by atoms with van der Waals surface area (Å²) >= 11 is 11.9.